The highest BCUT2D eigenvalue weighted by Gasteiger charge is 2.51. The summed E-state index contributed by atoms with van der Waals surface area (Å²) in [5, 5.41) is 3.44. The molecule has 4 aliphatic carbocycles. The molecule has 1 aliphatic heterocycles. The summed E-state index contributed by atoms with van der Waals surface area (Å²) in [5.74, 6) is 2.51. The number of esters is 1. The molecule has 1 amide bonds. The second-order valence-corrected chi connectivity index (χ2v) is 9.07. The van der Waals surface area contributed by atoms with Crippen molar-refractivity contribution in [1.82, 2.24) is 10.2 Å². The molecule has 0 aromatic heterocycles. The van der Waals surface area contributed by atoms with Gasteiger partial charge in [-0.25, -0.2) is 0 Å². The largest absolute Gasteiger partial charge is 0.466 e. The number of amides is 1. The third-order valence-electron chi connectivity index (χ3n) is 6.94. The summed E-state index contributed by atoms with van der Waals surface area (Å²) in [6, 6.07) is 0. The third-order valence-corrected chi connectivity index (χ3v) is 6.94. The molecule has 1 saturated heterocycles. The van der Waals surface area contributed by atoms with E-state index in [1.54, 1.807) is 0 Å². The number of hydrogen-bond acceptors (Lipinski definition) is 4. The summed E-state index contributed by atoms with van der Waals surface area (Å²) in [6.07, 6.45) is 9.59. The highest BCUT2D eigenvalue weighted by molar-refractivity contribution is 5.79. The van der Waals surface area contributed by atoms with Gasteiger partial charge in [0.15, 0.2) is 0 Å². The van der Waals surface area contributed by atoms with Crippen LogP contribution in [0, 0.1) is 23.7 Å². The predicted octanol–water partition coefficient (Wildman–Crippen LogP) is 2.35. The van der Waals surface area contributed by atoms with Crippen molar-refractivity contribution in [2.45, 2.75) is 63.8 Å². The van der Waals surface area contributed by atoms with Crippen LogP contribution in [0.1, 0.15) is 58.3 Å². The van der Waals surface area contributed by atoms with Crippen LogP contribution in [0.5, 0.6) is 0 Å². The normalized spacial score (nSPS) is 40.0. The first-order valence-electron chi connectivity index (χ1n) is 10.3. The molecule has 5 heteroatoms. The summed E-state index contributed by atoms with van der Waals surface area (Å²) < 4.78 is 5.16. The summed E-state index contributed by atoms with van der Waals surface area (Å²) >= 11 is 0. The first kappa shape index (κ1) is 17.3. The van der Waals surface area contributed by atoms with Crippen LogP contribution in [0.3, 0.4) is 0 Å². The Labute approximate surface area is 150 Å². The minimum Gasteiger partial charge on any atom is -0.466 e. The van der Waals surface area contributed by atoms with Gasteiger partial charge in [0, 0.05) is 12.1 Å². The van der Waals surface area contributed by atoms with Crippen LogP contribution in [-0.2, 0) is 14.3 Å². The van der Waals surface area contributed by atoms with Crippen molar-refractivity contribution in [2.75, 3.05) is 26.2 Å². The number of carbonyl (C=O) groups is 2. The lowest BCUT2D eigenvalue weighted by Crippen LogP contribution is -2.61. The Morgan fingerprint density at radius 3 is 2.36 bits per heavy atom. The molecule has 140 valence electrons. The summed E-state index contributed by atoms with van der Waals surface area (Å²) in [7, 11) is 0. The van der Waals surface area contributed by atoms with Gasteiger partial charge in [-0.3, -0.25) is 14.5 Å². The fourth-order valence-corrected chi connectivity index (χ4v) is 6.45. The van der Waals surface area contributed by atoms with Gasteiger partial charge in [0.2, 0.25) is 5.91 Å². The number of piperidine rings is 1. The molecule has 0 spiro atoms. The molecule has 0 unspecified atom stereocenters. The molecular formula is C20H32N2O3. The Kier molecular flexibility index (Phi) is 4.78. The van der Waals surface area contributed by atoms with Crippen molar-refractivity contribution in [1.29, 1.82) is 0 Å². The van der Waals surface area contributed by atoms with E-state index in [0.717, 1.165) is 37.1 Å². The minimum atomic E-state index is -0.103. The average Bonchev–Trinajstić information content (AvgIpc) is 2.53. The zero-order valence-corrected chi connectivity index (χ0v) is 15.5. The monoisotopic (exact) mass is 348 g/mol. The number of carbonyl (C=O) groups excluding carboxylic acids is 2. The van der Waals surface area contributed by atoms with Crippen LogP contribution in [0.2, 0.25) is 0 Å². The lowest BCUT2D eigenvalue weighted by molar-refractivity contribution is -0.150. The molecular weight excluding hydrogens is 316 g/mol. The van der Waals surface area contributed by atoms with Crippen LogP contribution in [0.25, 0.3) is 0 Å². The fraction of sp³-hybridized carbons (Fsp3) is 0.900. The summed E-state index contributed by atoms with van der Waals surface area (Å²) in [6.45, 7) is 4.27. The van der Waals surface area contributed by atoms with Crippen LogP contribution in [-0.4, -0.2) is 48.6 Å². The number of likely N-dealkylation sites (tertiary alicyclic amines) is 1. The van der Waals surface area contributed by atoms with Crippen molar-refractivity contribution in [3.8, 4) is 0 Å². The van der Waals surface area contributed by atoms with E-state index in [2.05, 4.69) is 10.2 Å². The number of hydrogen-bond donors (Lipinski definition) is 1. The highest BCUT2D eigenvalue weighted by atomic mass is 16.5. The zero-order valence-electron chi connectivity index (χ0n) is 15.5. The zero-order chi connectivity index (χ0) is 17.4. The van der Waals surface area contributed by atoms with Gasteiger partial charge in [-0.1, -0.05) is 0 Å². The van der Waals surface area contributed by atoms with Gasteiger partial charge >= 0.3 is 5.97 Å². The Morgan fingerprint density at radius 1 is 1.12 bits per heavy atom. The Balaban J connectivity index is 1.31. The van der Waals surface area contributed by atoms with E-state index in [9.17, 15) is 9.59 Å². The third kappa shape index (κ3) is 3.71. The van der Waals surface area contributed by atoms with Gasteiger partial charge < -0.3 is 10.1 Å². The van der Waals surface area contributed by atoms with Gasteiger partial charge in [-0.2, -0.15) is 0 Å². The van der Waals surface area contributed by atoms with Crippen LogP contribution >= 0.6 is 0 Å². The molecule has 0 aromatic carbocycles. The number of nitrogens with one attached hydrogen (secondary N) is 1. The molecule has 5 rings (SSSR count). The van der Waals surface area contributed by atoms with Gasteiger partial charge in [-0.15, -0.1) is 0 Å². The van der Waals surface area contributed by atoms with Crippen LogP contribution in [0.4, 0.5) is 0 Å². The Hall–Kier alpha value is -1.10. The molecule has 1 atom stereocenters. The maximum atomic E-state index is 12.7. The van der Waals surface area contributed by atoms with Crippen molar-refractivity contribution >= 4 is 11.9 Å². The number of nitrogens with zero attached hydrogens (tertiary/aromatic N) is 1. The SMILES string of the molecule is CCOC(=O)[C@H]1CCCN(CC(=O)NC23CC4CC(CC(C4)C2)C3)C1. The maximum absolute atomic E-state index is 12.7. The van der Waals surface area contributed by atoms with Gasteiger partial charge in [-0.05, 0) is 82.6 Å². The Morgan fingerprint density at radius 2 is 1.76 bits per heavy atom. The van der Waals surface area contributed by atoms with Crippen LogP contribution < -0.4 is 5.32 Å². The quantitative estimate of drug-likeness (QED) is 0.775. The summed E-state index contributed by atoms with van der Waals surface area (Å²) in [5.41, 5.74) is 0.0855. The summed E-state index contributed by atoms with van der Waals surface area (Å²) in [4.78, 5) is 26.8. The van der Waals surface area contributed by atoms with Gasteiger partial charge in [0.05, 0.1) is 19.1 Å². The maximum Gasteiger partial charge on any atom is 0.310 e. The molecule has 0 aromatic rings. The van der Waals surface area contributed by atoms with Crippen molar-refractivity contribution in [3.63, 3.8) is 0 Å². The lowest BCUT2D eigenvalue weighted by Gasteiger charge is -2.57. The molecule has 1 heterocycles. The fourth-order valence-electron chi connectivity index (χ4n) is 6.45. The van der Waals surface area contributed by atoms with E-state index in [4.69, 9.17) is 4.74 Å². The first-order valence-corrected chi connectivity index (χ1v) is 10.3. The van der Waals surface area contributed by atoms with Crippen molar-refractivity contribution in [2.24, 2.45) is 23.7 Å². The molecule has 4 saturated carbocycles. The standard InChI is InChI=1S/C20H32N2O3/c1-2-25-19(24)17-4-3-5-22(12-17)13-18(23)21-20-9-14-6-15(10-20)8-16(7-14)11-20/h14-17H,2-13H2,1H3,(H,21,23)/t14?,15?,16?,17-,20?/m0/s1. The molecule has 5 nitrogen and oxygen atoms in total. The smallest absolute Gasteiger partial charge is 0.310 e. The lowest BCUT2D eigenvalue weighted by atomic mass is 9.53. The highest BCUT2D eigenvalue weighted by Crippen LogP contribution is 2.55. The van der Waals surface area contributed by atoms with E-state index in [0.29, 0.717) is 19.7 Å². The molecule has 25 heavy (non-hydrogen) atoms. The van der Waals surface area contributed by atoms with Crippen LogP contribution in [0.15, 0.2) is 0 Å². The van der Waals surface area contributed by atoms with Gasteiger partial charge in [0.25, 0.3) is 0 Å². The predicted molar refractivity (Wildman–Crippen MR) is 94.8 cm³/mol. The van der Waals surface area contributed by atoms with E-state index >= 15 is 0 Å². The second kappa shape index (κ2) is 6.90. The number of ether oxygens (including phenoxy) is 1. The van der Waals surface area contributed by atoms with Crippen molar-refractivity contribution in [3.05, 3.63) is 0 Å². The Bertz CT molecular complexity index is 498. The van der Waals surface area contributed by atoms with E-state index < -0.39 is 0 Å². The molecule has 1 N–H and O–H groups in total. The van der Waals surface area contributed by atoms with Crippen molar-refractivity contribution < 1.29 is 14.3 Å². The average molecular weight is 348 g/mol. The first-order chi connectivity index (χ1) is 12.0. The molecule has 5 fully saturated rings. The topological polar surface area (TPSA) is 58.6 Å². The molecule has 0 radical (unpaired) electrons. The van der Waals surface area contributed by atoms with E-state index in [1.807, 2.05) is 6.92 Å². The van der Waals surface area contributed by atoms with E-state index in [1.165, 1.54) is 38.5 Å². The minimum absolute atomic E-state index is 0.0685. The number of rotatable bonds is 5. The molecule has 5 aliphatic rings. The molecule has 4 bridgehead atoms. The van der Waals surface area contributed by atoms with E-state index in [-0.39, 0.29) is 23.3 Å². The second-order valence-electron chi connectivity index (χ2n) is 9.07. The van der Waals surface area contributed by atoms with Gasteiger partial charge in [0.1, 0.15) is 0 Å².